The average molecular weight is 446 g/mol. The van der Waals surface area contributed by atoms with Crippen molar-refractivity contribution in [1.82, 2.24) is 9.88 Å². The molecule has 0 bridgehead atoms. The molecule has 1 aliphatic heterocycles. The van der Waals surface area contributed by atoms with Gasteiger partial charge in [0.25, 0.3) is 0 Å². The van der Waals surface area contributed by atoms with E-state index in [0.29, 0.717) is 12.8 Å². The van der Waals surface area contributed by atoms with Gasteiger partial charge in [-0.1, -0.05) is 25.0 Å². The minimum atomic E-state index is -0.0891. The first-order chi connectivity index (χ1) is 16.1. The number of hydrogen-bond acceptors (Lipinski definition) is 4. The fourth-order valence-electron chi connectivity index (χ4n) is 5.83. The van der Waals surface area contributed by atoms with Crippen molar-refractivity contribution in [3.8, 4) is 0 Å². The molecule has 1 aromatic carbocycles. The summed E-state index contributed by atoms with van der Waals surface area (Å²) in [6.07, 6.45) is 11.1. The standard InChI is InChI=1S/C27H31N3O3/c31-25(29-21-9-5-18(6-10-21)17-19-13-15-28-16-14-19)20-7-11-22(12-8-20)30-26(32)23-3-1-2-4-24(23)27(30)33/h5-6,9-10,13-16,20,22-24H,1-4,7-8,11-12,17H2,(H,29,31)/t20?,22?,23-,24+. The second kappa shape index (κ2) is 9.46. The molecule has 2 aliphatic carbocycles. The Labute approximate surface area is 194 Å². The van der Waals surface area contributed by atoms with Gasteiger partial charge in [0.2, 0.25) is 17.7 Å². The van der Waals surface area contributed by atoms with E-state index in [0.717, 1.165) is 50.6 Å². The van der Waals surface area contributed by atoms with Crippen LogP contribution < -0.4 is 5.32 Å². The first-order valence-electron chi connectivity index (χ1n) is 12.3. The van der Waals surface area contributed by atoms with Crippen LogP contribution in [-0.2, 0) is 20.8 Å². The van der Waals surface area contributed by atoms with Gasteiger partial charge in [0.1, 0.15) is 0 Å². The molecule has 0 unspecified atom stereocenters. The first kappa shape index (κ1) is 21.8. The molecule has 0 radical (unpaired) electrons. The number of rotatable bonds is 5. The Bertz CT molecular complexity index is 989. The van der Waals surface area contributed by atoms with Crippen molar-refractivity contribution in [3.63, 3.8) is 0 Å². The Hall–Kier alpha value is -3.02. The smallest absolute Gasteiger partial charge is 0.233 e. The number of amides is 3. The van der Waals surface area contributed by atoms with Crippen LogP contribution in [0.1, 0.15) is 62.5 Å². The second-order valence-electron chi connectivity index (χ2n) is 9.77. The number of carbonyl (C=O) groups excluding carboxylic acids is 3. The van der Waals surface area contributed by atoms with Gasteiger partial charge in [-0.15, -0.1) is 0 Å². The molecule has 1 saturated heterocycles. The molecule has 172 valence electrons. The van der Waals surface area contributed by atoms with Gasteiger partial charge in [-0.25, -0.2) is 0 Å². The summed E-state index contributed by atoms with van der Waals surface area (Å²) in [7, 11) is 0. The third kappa shape index (κ3) is 4.56. The summed E-state index contributed by atoms with van der Waals surface area (Å²) in [5, 5.41) is 3.05. The van der Waals surface area contributed by atoms with E-state index >= 15 is 0 Å². The van der Waals surface area contributed by atoms with Gasteiger partial charge >= 0.3 is 0 Å². The number of nitrogens with zero attached hydrogens (tertiary/aromatic N) is 2. The van der Waals surface area contributed by atoms with Crippen LogP contribution in [0.15, 0.2) is 48.8 Å². The second-order valence-corrected chi connectivity index (χ2v) is 9.77. The SMILES string of the molecule is O=C(Nc1ccc(Cc2ccncc2)cc1)C1CCC(N2C(=O)[C@H]3CCCC[C@H]3C2=O)CC1. The van der Waals surface area contributed by atoms with Crippen molar-refractivity contribution in [1.29, 1.82) is 0 Å². The predicted molar refractivity (Wildman–Crippen MR) is 125 cm³/mol. The zero-order valence-electron chi connectivity index (χ0n) is 18.9. The van der Waals surface area contributed by atoms with E-state index in [-0.39, 0.29) is 41.5 Å². The lowest BCUT2D eigenvalue weighted by atomic mass is 9.81. The summed E-state index contributed by atoms with van der Waals surface area (Å²) in [4.78, 5) is 44.2. The monoisotopic (exact) mass is 445 g/mol. The van der Waals surface area contributed by atoms with E-state index in [1.807, 2.05) is 36.4 Å². The zero-order valence-corrected chi connectivity index (χ0v) is 18.9. The van der Waals surface area contributed by atoms with Crippen molar-refractivity contribution in [2.75, 3.05) is 5.32 Å². The van der Waals surface area contributed by atoms with Crippen LogP contribution in [0.2, 0.25) is 0 Å². The lowest BCUT2D eigenvalue weighted by Crippen LogP contribution is -2.43. The highest BCUT2D eigenvalue weighted by Crippen LogP contribution is 2.41. The van der Waals surface area contributed by atoms with Gasteiger partial charge in [0.05, 0.1) is 11.8 Å². The van der Waals surface area contributed by atoms with E-state index in [4.69, 9.17) is 0 Å². The third-order valence-electron chi connectivity index (χ3n) is 7.69. The quantitative estimate of drug-likeness (QED) is 0.694. The normalized spacial score (nSPS) is 27.3. The van der Waals surface area contributed by atoms with E-state index in [1.54, 1.807) is 17.3 Å². The zero-order chi connectivity index (χ0) is 22.8. The van der Waals surface area contributed by atoms with E-state index in [1.165, 1.54) is 11.1 Å². The first-order valence-corrected chi connectivity index (χ1v) is 12.3. The van der Waals surface area contributed by atoms with E-state index < -0.39 is 0 Å². The number of benzene rings is 1. The minimum Gasteiger partial charge on any atom is -0.326 e. The molecule has 1 N–H and O–H groups in total. The highest BCUT2D eigenvalue weighted by Gasteiger charge is 2.50. The Morgan fingerprint density at radius 2 is 1.39 bits per heavy atom. The molecule has 3 amide bonds. The average Bonchev–Trinajstić information content (AvgIpc) is 3.11. The van der Waals surface area contributed by atoms with Crippen LogP contribution in [0.3, 0.4) is 0 Å². The molecule has 2 aromatic rings. The number of fused-ring (bicyclic) bond motifs is 1. The molecule has 2 atom stereocenters. The lowest BCUT2D eigenvalue weighted by Gasteiger charge is -2.33. The van der Waals surface area contributed by atoms with Gasteiger partial charge < -0.3 is 5.32 Å². The maximum Gasteiger partial charge on any atom is 0.233 e. The number of imide groups is 1. The number of carbonyl (C=O) groups is 3. The molecular formula is C27H31N3O3. The molecule has 3 fully saturated rings. The molecular weight excluding hydrogens is 414 g/mol. The number of aromatic nitrogens is 1. The van der Waals surface area contributed by atoms with Crippen molar-refractivity contribution < 1.29 is 14.4 Å². The fourth-order valence-corrected chi connectivity index (χ4v) is 5.83. The van der Waals surface area contributed by atoms with Crippen molar-refractivity contribution in [3.05, 3.63) is 59.9 Å². The van der Waals surface area contributed by atoms with Crippen molar-refractivity contribution >= 4 is 23.4 Å². The molecule has 1 aromatic heterocycles. The summed E-state index contributed by atoms with van der Waals surface area (Å²) >= 11 is 0. The molecule has 5 rings (SSSR count). The predicted octanol–water partition coefficient (Wildman–Crippen LogP) is 4.34. The summed E-state index contributed by atoms with van der Waals surface area (Å²) < 4.78 is 0. The Kier molecular flexibility index (Phi) is 6.25. The number of nitrogens with one attached hydrogen (secondary N) is 1. The molecule has 6 heteroatoms. The van der Waals surface area contributed by atoms with Crippen LogP contribution in [0.25, 0.3) is 0 Å². The van der Waals surface area contributed by atoms with Crippen LogP contribution in [0, 0.1) is 17.8 Å². The largest absolute Gasteiger partial charge is 0.326 e. The number of hydrogen-bond donors (Lipinski definition) is 1. The maximum absolute atomic E-state index is 12.9. The van der Waals surface area contributed by atoms with Gasteiger partial charge in [-0.05, 0) is 80.3 Å². The number of likely N-dealkylation sites (tertiary alicyclic amines) is 1. The van der Waals surface area contributed by atoms with E-state index in [2.05, 4.69) is 10.3 Å². The number of pyridine rings is 1. The van der Waals surface area contributed by atoms with Gasteiger partial charge in [0, 0.05) is 30.0 Å². The fraction of sp³-hybridized carbons (Fsp3) is 0.481. The van der Waals surface area contributed by atoms with Gasteiger partial charge in [-0.3, -0.25) is 24.3 Å². The molecule has 33 heavy (non-hydrogen) atoms. The van der Waals surface area contributed by atoms with Gasteiger partial charge in [-0.2, -0.15) is 0 Å². The molecule has 2 saturated carbocycles. The van der Waals surface area contributed by atoms with Crippen LogP contribution in [0.4, 0.5) is 5.69 Å². The van der Waals surface area contributed by atoms with Crippen LogP contribution in [-0.4, -0.2) is 33.6 Å². The summed E-state index contributed by atoms with van der Waals surface area (Å²) in [6, 6.07) is 11.9. The number of anilines is 1. The van der Waals surface area contributed by atoms with Crippen LogP contribution in [0.5, 0.6) is 0 Å². The summed E-state index contributed by atoms with van der Waals surface area (Å²) in [5.41, 5.74) is 3.18. The Balaban J connectivity index is 1.13. The lowest BCUT2D eigenvalue weighted by molar-refractivity contribution is -0.143. The van der Waals surface area contributed by atoms with Crippen molar-refractivity contribution in [2.45, 2.75) is 63.8 Å². The summed E-state index contributed by atoms with van der Waals surface area (Å²) in [5.74, 6) is -0.132. The Morgan fingerprint density at radius 3 is 2.00 bits per heavy atom. The molecule has 0 spiro atoms. The molecule has 2 heterocycles. The van der Waals surface area contributed by atoms with E-state index in [9.17, 15) is 14.4 Å². The van der Waals surface area contributed by atoms with Gasteiger partial charge in [0.15, 0.2) is 0 Å². The molecule has 3 aliphatic rings. The Morgan fingerprint density at radius 1 is 0.818 bits per heavy atom. The minimum absolute atomic E-state index is 0.0306. The summed E-state index contributed by atoms with van der Waals surface area (Å²) in [6.45, 7) is 0. The highest BCUT2D eigenvalue weighted by atomic mass is 16.2. The van der Waals surface area contributed by atoms with Crippen molar-refractivity contribution in [2.24, 2.45) is 17.8 Å². The highest BCUT2D eigenvalue weighted by molar-refractivity contribution is 6.05. The molecule has 6 nitrogen and oxygen atoms in total. The maximum atomic E-state index is 12.9. The topological polar surface area (TPSA) is 79.4 Å². The van der Waals surface area contributed by atoms with Crippen LogP contribution >= 0.6 is 0 Å². The third-order valence-corrected chi connectivity index (χ3v) is 7.69.